The van der Waals surface area contributed by atoms with Gasteiger partial charge in [0.25, 0.3) is 0 Å². The highest BCUT2D eigenvalue weighted by Crippen LogP contribution is 2.29. The average molecular weight is 459 g/mol. The summed E-state index contributed by atoms with van der Waals surface area (Å²) in [4.78, 5) is 4.39. The molecule has 2 aromatic rings. The predicted molar refractivity (Wildman–Crippen MR) is 136 cm³/mol. The van der Waals surface area contributed by atoms with E-state index in [1.54, 1.807) is 6.92 Å². The Morgan fingerprint density at radius 1 is 0.697 bits per heavy atom. The van der Waals surface area contributed by atoms with Crippen LogP contribution >= 0.6 is 0 Å². The highest BCUT2D eigenvalue weighted by Gasteiger charge is 2.13. The lowest BCUT2D eigenvalue weighted by Crippen LogP contribution is -2.01. The van der Waals surface area contributed by atoms with Crippen molar-refractivity contribution in [1.82, 2.24) is 15.2 Å². The molecule has 2 aromatic heterocycles. The van der Waals surface area contributed by atoms with E-state index in [0.29, 0.717) is 23.4 Å². The van der Waals surface area contributed by atoms with Gasteiger partial charge in [0.1, 0.15) is 11.6 Å². The van der Waals surface area contributed by atoms with E-state index in [9.17, 15) is 5.11 Å². The topological polar surface area (TPSA) is 84.1 Å². The molecule has 0 aliphatic heterocycles. The number of aromatic nitrogens is 3. The number of hydrogen-bond donors (Lipinski definition) is 2. The van der Waals surface area contributed by atoms with Crippen molar-refractivity contribution >= 4 is 11.8 Å². The molecule has 0 unspecified atom stereocenters. The third-order valence-corrected chi connectivity index (χ3v) is 6.58. The molecule has 0 bridgehead atoms. The number of nitrogens with zero attached hydrogens (tertiary/aromatic N) is 3. The molecule has 2 N–H and O–H groups in total. The highest BCUT2D eigenvalue weighted by atomic mass is 16.4. The van der Waals surface area contributed by atoms with E-state index in [-0.39, 0.29) is 5.75 Å². The quantitative estimate of drug-likeness (QED) is 0.219. The number of hydrogen-bond acceptors (Lipinski definition) is 6. The van der Waals surface area contributed by atoms with Gasteiger partial charge in [-0.1, -0.05) is 102 Å². The van der Waals surface area contributed by atoms with E-state index in [1.165, 1.54) is 89.9 Å². The molecule has 0 aromatic carbocycles. The summed E-state index contributed by atoms with van der Waals surface area (Å²) in [5.41, 5.74) is 2.26. The Kier molecular flexibility index (Phi) is 12.9. The van der Waals surface area contributed by atoms with Crippen LogP contribution in [-0.2, 0) is 6.42 Å². The van der Waals surface area contributed by atoms with Gasteiger partial charge in [-0.15, -0.1) is 5.10 Å². The Morgan fingerprint density at radius 2 is 1.21 bits per heavy atom. The standard InChI is InChI=1S/C27H46N4O2/c1-5-6-7-8-9-10-11-12-13-14-15-16-17-18-19-20-24-30-31-27(33-24)29-26-22(3)21(2)25(32)23(4)28-26/h32H,5-20H2,1-4H3,(H,28,29,31). The molecular formula is C27H46N4O2. The second kappa shape index (κ2) is 15.7. The maximum atomic E-state index is 10.0. The second-order valence-corrected chi connectivity index (χ2v) is 9.47. The largest absolute Gasteiger partial charge is 0.506 e. The van der Waals surface area contributed by atoms with Crippen LogP contribution in [0.25, 0.3) is 0 Å². The molecule has 2 rings (SSSR count). The average Bonchev–Trinajstić information content (AvgIpc) is 3.25. The molecular weight excluding hydrogens is 412 g/mol. The Hall–Kier alpha value is -2.11. The minimum Gasteiger partial charge on any atom is -0.506 e. The fourth-order valence-corrected chi connectivity index (χ4v) is 4.21. The second-order valence-electron chi connectivity index (χ2n) is 9.47. The van der Waals surface area contributed by atoms with Gasteiger partial charge in [0.15, 0.2) is 0 Å². The lowest BCUT2D eigenvalue weighted by atomic mass is 10.0. The molecule has 0 saturated carbocycles. The van der Waals surface area contributed by atoms with Gasteiger partial charge in [0.2, 0.25) is 5.89 Å². The van der Waals surface area contributed by atoms with E-state index >= 15 is 0 Å². The zero-order valence-electron chi connectivity index (χ0n) is 21.5. The summed E-state index contributed by atoms with van der Waals surface area (Å²) in [5, 5.41) is 21.3. The van der Waals surface area contributed by atoms with Crippen molar-refractivity contribution in [3.05, 3.63) is 22.7 Å². The van der Waals surface area contributed by atoms with E-state index in [0.717, 1.165) is 24.0 Å². The van der Waals surface area contributed by atoms with Crippen LogP contribution in [0, 0.1) is 20.8 Å². The Labute approximate surface area is 201 Å². The third-order valence-electron chi connectivity index (χ3n) is 6.58. The highest BCUT2D eigenvalue weighted by molar-refractivity contribution is 5.58. The Balaban J connectivity index is 1.50. The van der Waals surface area contributed by atoms with Crippen molar-refractivity contribution in [1.29, 1.82) is 0 Å². The fourth-order valence-electron chi connectivity index (χ4n) is 4.21. The van der Waals surface area contributed by atoms with E-state index in [1.807, 2.05) is 13.8 Å². The number of pyridine rings is 1. The molecule has 0 saturated heterocycles. The van der Waals surface area contributed by atoms with Crippen molar-refractivity contribution in [2.75, 3.05) is 5.32 Å². The summed E-state index contributed by atoms with van der Waals surface area (Å²) in [7, 11) is 0. The maximum Gasteiger partial charge on any atom is 0.321 e. The molecule has 0 radical (unpaired) electrons. The first-order valence-corrected chi connectivity index (χ1v) is 13.3. The minimum absolute atomic E-state index is 0.234. The van der Waals surface area contributed by atoms with Crippen molar-refractivity contribution < 1.29 is 9.52 Å². The van der Waals surface area contributed by atoms with Crippen LogP contribution in [0.4, 0.5) is 11.8 Å². The first-order valence-electron chi connectivity index (χ1n) is 13.3. The van der Waals surface area contributed by atoms with Crippen molar-refractivity contribution in [2.24, 2.45) is 0 Å². The smallest absolute Gasteiger partial charge is 0.321 e. The summed E-state index contributed by atoms with van der Waals surface area (Å²) >= 11 is 0. The molecule has 0 fully saturated rings. The Morgan fingerprint density at radius 3 is 1.76 bits per heavy atom. The summed E-state index contributed by atoms with van der Waals surface area (Å²) in [5.74, 6) is 1.54. The fraction of sp³-hybridized carbons (Fsp3) is 0.741. The molecule has 186 valence electrons. The first-order chi connectivity index (χ1) is 16.0. The van der Waals surface area contributed by atoms with E-state index in [4.69, 9.17) is 4.42 Å². The van der Waals surface area contributed by atoms with Crippen molar-refractivity contribution in [3.63, 3.8) is 0 Å². The SMILES string of the molecule is CCCCCCCCCCCCCCCCCc1nnc(Nc2nc(C)c(O)c(C)c2C)o1. The maximum absolute atomic E-state index is 10.0. The van der Waals surface area contributed by atoms with Crippen LogP contribution in [0.15, 0.2) is 4.42 Å². The summed E-state index contributed by atoms with van der Waals surface area (Å²) in [6, 6.07) is 0.353. The van der Waals surface area contributed by atoms with Gasteiger partial charge < -0.3 is 9.52 Å². The Bertz CT molecular complexity index is 804. The molecule has 33 heavy (non-hydrogen) atoms. The molecule has 6 heteroatoms. The van der Waals surface area contributed by atoms with Gasteiger partial charge in [-0.3, -0.25) is 5.32 Å². The number of unbranched alkanes of at least 4 members (excludes halogenated alkanes) is 14. The molecule has 2 heterocycles. The van der Waals surface area contributed by atoms with Gasteiger partial charge in [0, 0.05) is 6.42 Å². The van der Waals surface area contributed by atoms with Gasteiger partial charge in [0.05, 0.1) is 5.69 Å². The summed E-state index contributed by atoms with van der Waals surface area (Å²) in [6.07, 6.45) is 21.2. The van der Waals surface area contributed by atoms with Gasteiger partial charge in [-0.2, -0.15) is 0 Å². The van der Waals surface area contributed by atoms with Gasteiger partial charge >= 0.3 is 6.01 Å². The number of nitrogens with one attached hydrogen (secondary N) is 1. The normalized spacial score (nSPS) is 11.3. The first kappa shape index (κ1) is 27.1. The van der Waals surface area contributed by atoms with Crippen LogP contribution < -0.4 is 5.32 Å². The molecule has 0 aliphatic carbocycles. The lowest BCUT2D eigenvalue weighted by Gasteiger charge is -2.11. The molecule has 0 atom stereocenters. The molecule has 0 aliphatic rings. The van der Waals surface area contributed by atoms with Crippen LogP contribution in [0.5, 0.6) is 5.75 Å². The third kappa shape index (κ3) is 10.1. The monoisotopic (exact) mass is 458 g/mol. The zero-order chi connectivity index (χ0) is 23.9. The molecule has 6 nitrogen and oxygen atoms in total. The van der Waals surface area contributed by atoms with Gasteiger partial charge in [-0.05, 0) is 38.3 Å². The van der Waals surface area contributed by atoms with Crippen LogP contribution in [-0.4, -0.2) is 20.3 Å². The number of aryl methyl sites for hydroxylation is 2. The van der Waals surface area contributed by atoms with Crippen LogP contribution in [0.3, 0.4) is 0 Å². The molecule has 0 spiro atoms. The molecule has 0 amide bonds. The van der Waals surface area contributed by atoms with E-state index < -0.39 is 0 Å². The van der Waals surface area contributed by atoms with Gasteiger partial charge in [-0.25, -0.2) is 4.98 Å². The van der Waals surface area contributed by atoms with Crippen LogP contribution in [0.2, 0.25) is 0 Å². The zero-order valence-corrected chi connectivity index (χ0v) is 21.5. The lowest BCUT2D eigenvalue weighted by molar-refractivity contribution is 0.462. The minimum atomic E-state index is 0.234. The van der Waals surface area contributed by atoms with Crippen molar-refractivity contribution in [2.45, 2.75) is 130 Å². The van der Waals surface area contributed by atoms with E-state index in [2.05, 4.69) is 27.4 Å². The number of rotatable bonds is 18. The summed E-state index contributed by atoms with van der Waals surface area (Å²) in [6.45, 7) is 7.85. The van der Waals surface area contributed by atoms with Crippen molar-refractivity contribution in [3.8, 4) is 5.75 Å². The summed E-state index contributed by atoms with van der Waals surface area (Å²) < 4.78 is 5.74. The number of anilines is 2. The predicted octanol–water partition coefficient (Wildman–Crippen LogP) is 8.25. The number of aromatic hydroxyl groups is 1. The van der Waals surface area contributed by atoms with Crippen LogP contribution in [0.1, 0.15) is 126 Å².